The van der Waals surface area contributed by atoms with Crippen LogP contribution in [0.1, 0.15) is 48.8 Å². The molecule has 1 aliphatic carbocycles. The van der Waals surface area contributed by atoms with Crippen LogP contribution >= 0.6 is 0 Å². The van der Waals surface area contributed by atoms with Gasteiger partial charge in [0, 0.05) is 29.9 Å². The zero-order valence-electron chi connectivity index (χ0n) is 20.5. The number of benzene rings is 2. The first-order chi connectivity index (χ1) is 17.6. The van der Waals surface area contributed by atoms with E-state index in [0.717, 1.165) is 45.4 Å². The largest absolute Gasteiger partial charge is 0.419 e. The summed E-state index contributed by atoms with van der Waals surface area (Å²) in [7, 11) is 1.57. The molecule has 5 rings (SSSR count). The number of halogens is 5. The number of fused-ring (bicyclic) bond motifs is 1. The molecule has 4 aromatic rings. The van der Waals surface area contributed by atoms with E-state index in [0.29, 0.717) is 17.7 Å². The van der Waals surface area contributed by atoms with Gasteiger partial charge in [-0.3, -0.25) is 0 Å². The highest BCUT2D eigenvalue weighted by Crippen LogP contribution is 2.39. The Balaban J connectivity index is 1.55. The minimum atomic E-state index is -4.98. The normalized spacial score (nSPS) is 15.8. The molecule has 1 saturated carbocycles. The van der Waals surface area contributed by atoms with Crippen LogP contribution in [0.3, 0.4) is 0 Å². The number of aromatic nitrogens is 4. The first-order valence-electron chi connectivity index (χ1n) is 12.2. The van der Waals surface area contributed by atoms with E-state index in [9.17, 15) is 22.0 Å². The van der Waals surface area contributed by atoms with Gasteiger partial charge < -0.3 is 5.32 Å². The van der Waals surface area contributed by atoms with Crippen molar-refractivity contribution >= 4 is 17.0 Å². The smallest absolute Gasteiger partial charge is 0.348 e. The summed E-state index contributed by atoms with van der Waals surface area (Å²) in [5.74, 6) is -2.36. The van der Waals surface area contributed by atoms with Gasteiger partial charge in [-0.15, -0.1) is 0 Å². The van der Waals surface area contributed by atoms with Gasteiger partial charge in [-0.05, 0) is 37.8 Å². The van der Waals surface area contributed by atoms with Crippen LogP contribution in [0.4, 0.5) is 27.9 Å². The highest BCUT2D eigenvalue weighted by Gasteiger charge is 2.37. The van der Waals surface area contributed by atoms with Crippen molar-refractivity contribution in [3.05, 3.63) is 70.9 Å². The monoisotopic (exact) mass is 515 g/mol. The molecule has 0 radical (unpaired) electrons. The molecule has 0 aliphatic heterocycles. The fourth-order valence-electron chi connectivity index (χ4n) is 5.25. The molecule has 0 unspecified atom stereocenters. The van der Waals surface area contributed by atoms with E-state index in [1.807, 2.05) is 18.2 Å². The molecular weight excluding hydrogens is 489 g/mol. The molecule has 1 N–H and O–H groups in total. The molecule has 1 fully saturated rings. The van der Waals surface area contributed by atoms with Crippen LogP contribution in [0, 0.1) is 18.6 Å². The first-order valence-corrected chi connectivity index (χ1v) is 12.2. The minimum absolute atomic E-state index is 0.0770. The van der Waals surface area contributed by atoms with Crippen LogP contribution in [0.15, 0.2) is 42.6 Å². The fraction of sp³-hybridized carbons (Fsp3) is 0.370. The van der Waals surface area contributed by atoms with Gasteiger partial charge in [0.1, 0.15) is 17.3 Å². The summed E-state index contributed by atoms with van der Waals surface area (Å²) in [6, 6.07) is 10.6. The quantitative estimate of drug-likeness (QED) is 0.291. The number of rotatable bonds is 5. The number of hydrogen-bond acceptors (Lipinski definition) is 4. The van der Waals surface area contributed by atoms with Crippen molar-refractivity contribution in [2.24, 2.45) is 7.05 Å². The number of anilines is 1. The molecule has 0 atom stereocenters. The van der Waals surface area contributed by atoms with Crippen molar-refractivity contribution in [3.8, 4) is 11.3 Å². The lowest BCUT2D eigenvalue weighted by atomic mass is 9.77. The maximum absolute atomic E-state index is 15.0. The molecule has 194 valence electrons. The van der Waals surface area contributed by atoms with E-state index in [-0.39, 0.29) is 16.6 Å². The topological polar surface area (TPSA) is 55.6 Å². The third kappa shape index (κ3) is 4.76. The maximum Gasteiger partial charge on any atom is 0.419 e. The standard InChI is InChI=1S/C27H26F5N5/c1-16-21(28)18(13-20(22(16)29)27(30,31)32)23-19-15-33-25(34-24(19)37(2)36-23)35-26(11-7-4-8-12-26)14-17-9-5-3-6-10-17/h3,5-6,9-10,13,15H,4,7-8,11-12,14H2,1-2H3,(H,33,34,35). The molecule has 0 spiro atoms. The Kier molecular flexibility index (Phi) is 6.37. The third-order valence-corrected chi connectivity index (χ3v) is 7.13. The molecule has 37 heavy (non-hydrogen) atoms. The number of alkyl halides is 3. The van der Waals surface area contributed by atoms with Gasteiger partial charge in [0.15, 0.2) is 5.65 Å². The van der Waals surface area contributed by atoms with Gasteiger partial charge in [-0.2, -0.15) is 23.3 Å². The van der Waals surface area contributed by atoms with Crippen molar-refractivity contribution in [1.29, 1.82) is 0 Å². The molecule has 2 aromatic carbocycles. The van der Waals surface area contributed by atoms with Crippen LogP contribution in [0.25, 0.3) is 22.3 Å². The molecule has 0 amide bonds. The molecule has 2 heterocycles. The van der Waals surface area contributed by atoms with Crippen molar-refractivity contribution in [2.45, 2.75) is 57.2 Å². The third-order valence-electron chi connectivity index (χ3n) is 7.13. The van der Waals surface area contributed by atoms with Crippen molar-refractivity contribution in [2.75, 3.05) is 5.32 Å². The van der Waals surface area contributed by atoms with Crippen molar-refractivity contribution in [1.82, 2.24) is 19.7 Å². The van der Waals surface area contributed by atoms with Crippen LogP contribution in [-0.2, 0) is 19.6 Å². The molecule has 0 saturated heterocycles. The van der Waals surface area contributed by atoms with Crippen LogP contribution in [0.5, 0.6) is 0 Å². The second kappa shape index (κ2) is 9.39. The summed E-state index contributed by atoms with van der Waals surface area (Å²) in [6.07, 6.45) is 2.43. The summed E-state index contributed by atoms with van der Waals surface area (Å²) in [4.78, 5) is 9.04. The summed E-state index contributed by atoms with van der Waals surface area (Å²) in [6.45, 7) is 0.976. The van der Waals surface area contributed by atoms with Gasteiger partial charge in [0.2, 0.25) is 5.95 Å². The van der Waals surface area contributed by atoms with E-state index in [1.54, 1.807) is 7.05 Å². The lowest BCUT2D eigenvalue weighted by Crippen LogP contribution is -2.43. The minimum Gasteiger partial charge on any atom is -0.348 e. The maximum atomic E-state index is 15.0. The second-order valence-corrected chi connectivity index (χ2v) is 9.75. The Morgan fingerprint density at radius 1 is 1.03 bits per heavy atom. The molecule has 2 aromatic heterocycles. The van der Waals surface area contributed by atoms with E-state index in [2.05, 4.69) is 32.5 Å². The Labute approximate surface area is 210 Å². The summed E-state index contributed by atoms with van der Waals surface area (Å²) < 4.78 is 70.8. The van der Waals surface area contributed by atoms with Crippen LogP contribution < -0.4 is 5.32 Å². The lowest BCUT2D eigenvalue weighted by Gasteiger charge is -2.38. The Hall–Kier alpha value is -3.56. The SMILES string of the molecule is Cc1c(F)c(-c2nn(C)c3nc(NC4(Cc5ccccc5)CCCCC4)ncc23)cc(C(F)(F)F)c1F. The summed E-state index contributed by atoms with van der Waals surface area (Å²) in [5, 5.41) is 8.05. The van der Waals surface area contributed by atoms with Gasteiger partial charge >= 0.3 is 6.18 Å². The number of hydrogen-bond donors (Lipinski definition) is 1. The highest BCUT2D eigenvalue weighted by molar-refractivity contribution is 5.91. The Bertz CT molecular complexity index is 1440. The highest BCUT2D eigenvalue weighted by atomic mass is 19.4. The number of aryl methyl sites for hydroxylation is 1. The molecule has 5 nitrogen and oxygen atoms in total. The predicted molar refractivity (Wildman–Crippen MR) is 131 cm³/mol. The van der Waals surface area contributed by atoms with Gasteiger partial charge in [0.05, 0.1) is 10.9 Å². The predicted octanol–water partition coefficient (Wildman–Crippen LogP) is 6.99. The number of nitrogens with zero attached hydrogens (tertiary/aromatic N) is 4. The van der Waals surface area contributed by atoms with Crippen molar-refractivity contribution in [3.63, 3.8) is 0 Å². The average molecular weight is 516 g/mol. The van der Waals surface area contributed by atoms with E-state index in [4.69, 9.17) is 0 Å². The van der Waals surface area contributed by atoms with E-state index in [1.165, 1.54) is 16.4 Å². The average Bonchev–Trinajstić information content (AvgIpc) is 3.18. The lowest BCUT2D eigenvalue weighted by molar-refractivity contribution is -0.140. The zero-order chi connectivity index (χ0) is 26.4. The van der Waals surface area contributed by atoms with E-state index >= 15 is 0 Å². The Morgan fingerprint density at radius 2 is 1.73 bits per heavy atom. The summed E-state index contributed by atoms with van der Waals surface area (Å²) >= 11 is 0. The molecule has 1 aliphatic rings. The second-order valence-electron chi connectivity index (χ2n) is 9.75. The summed E-state index contributed by atoms with van der Waals surface area (Å²) in [5.41, 5.74) is -1.50. The van der Waals surface area contributed by atoms with Crippen LogP contribution in [-0.4, -0.2) is 25.3 Å². The van der Waals surface area contributed by atoms with E-state index < -0.39 is 34.5 Å². The van der Waals surface area contributed by atoms with Gasteiger partial charge in [-0.25, -0.2) is 18.4 Å². The fourth-order valence-corrected chi connectivity index (χ4v) is 5.25. The molecular formula is C27H26F5N5. The Morgan fingerprint density at radius 3 is 2.41 bits per heavy atom. The van der Waals surface area contributed by atoms with Gasteiger partial charge in [0.25, 0.3) is 0 Å². The van der Waals surface area contributed by atoms with Crippen molar-refractivity contribution < 1.29 is 22.0 Å². The zero-order valence-corrected chi connectivity index (χ0v) is 20.5. The molecule has 0 bridgehead atoms. The van der Waals surface area contributed by atoms with Gasteiger partial charge in [-0.1, -0.05) is 49.6 Å². The molecule has 10 heteroatoms. The van der Waals surface area contributed by atoms with Crippen LogP contribution in [0.2, 0.25) is 0 Å². The first kappa shape index (κ1) is 25.1. The number of nitrogens with one attached hydrogen (secondary N) is 1.